The number of aliphatic carboxylic acids is 1. The van der Waals surface area contributed by atoms with Crippen LogP contribution < -0.4 is 5.32 Å². The molecule has 0 unspecified atom stereocenters. The molecule has 1 aromatic rings. The summed E-state index contributed by atoms with van der Waals surface area (Å²) in [6.07, 6.45) is 0. The fraction of sp³-hybridized carbons (Fsp3) is 0.500. The van der Waals surface area contributed by atoms with Crippen LogP contribution in [0.2, 0.25) is 0 Å². The van der Waals surface area contributed by atoms with E-state index in [-0.39, 0.29) is 6.03 Å². The first kappa shape index (κ1) is 14.5. The number of thiophene rings is 1. The van der Waals surface area contributed by atoms with E-state index in [4.69, 9.17) is 5.11 Å². The minimum atomic E-state index is -1.26. The van der Waals surface area contributed by atoms with Gasteiger partial charge in [-0.05, 0) is 32.2 Å². The molecular formula is C12H18N2O3S. The summed E-state index contributed by atoms with van der Waals surface area (Å²) in [4.78, 5) is 25.6. The number of carbonyl (C=O) groups excluding carboxylic acids is 1. The molecule has 0 radical (unpaired) electrons. The van der Waals surface area contributed by atoms with E-state index in [9.17, 15) is 9.59 Å². The Balaban J connectivity index is 2.66. The van der Waals surface area contributed by atoms with Gasteiger partial charge in [-0.1, -0.05) is 6.07 Å². The van der Waals surface area contributed by atoms with Crippen molar-refractivity contribution >= 4 is 23.3 Å². The summed E-state index contributed by atoms with van der Waals surface area (Å²) in [5.74, 6) is -1.05. The van der Waals surface area contributed by atoms with E-state index >= 15 is 0 Å². The molecule has 1 rings (SSSR count). The zero-order chi connectivity index (χ0) is 13.8. The third-order valence-corrected chi connectivity index (χ3v) is 3.41. The molecule has 2 amide bonds. The van der Waals surface area contributed by atoms with E-state index in [0.29, 0.717) is 13.1 Å². The lowest BCUT2D eigenvalue weighted by molar-refractivity contribution is -0.143. The van der Waals surface area contributed by atoms with Gasteiger partial charge in [0, 0.05) is 11.4 Å². The second kappa shape index (κ2) is 5.86. The Kier molecular flexibility index (Phi) is 4.72. The number of carboxylic acids is 1. The zero-order valence-corrected chi connectivity index (χ0v) is 11.6. The largest absolute Gasteiger partial charge is 0.480 e. The quantitative estimate of drug-likeness (QED) is 0.861. The van der Waals surface area contributed by atoms with Gasteiger partial charge in [-0.15, -0.1) is 11.3 Å². The summed E-state index contributed by atoms with van der Waals surface area (Å²) in [7, 11) is 0. The van der Waals surface area contributed by atoms with Crippen molar-refractivity contribution in [3.05, 3.63) is 22.4 Å². The van der Waals surface area contributed by atoms with Gasteiger partial charge < -0.3 is 15.3 Å². The lowest BCUT2D eigenvalue weighted by atomic mass is 10.1. The summed E-state index contributed by atoms with van der Waals surface area (Å²) in [5, 5.41) is 13.4. The maximum Gasteiger partial charge on any atom is 0.328 e. The summed E-state index contributed by atoms with van der Waals surface area (Å²) in [6, 6.07) is 3.51. The number of hydrogen-bond donors (Lipinski definition) is 2. The molecule has 0 aliphatic carbocycles. The lowest BCUT2D eigenvalue weighted by Gasteiger charge is -2.27. The van der Waals surface area contributed by atoms with Crippen LogP contribution in [0.25, 0.3) is 0 Å². The van der Waals surface area contributed by atoms with E-state index < -0.39 is 11.5 Å². The maximum absolute atomic E-state index is 12.0. The fourth-order valence-corrected chi connectivity index (χ4v) is 2.04. The third kappa shape index (κ3) is 3.73. The predicted molar refractivity (Wildman–Crippen MR) is 70.6 cm³/mol. The molecule has 1 aromatic heterocycles. The van der Waals surface area contributed by atoms with Gasteiger partial charge in [0.05, 0.1) is 6.54 Å². The molecule has 1 heterocycles. The standard InChI is InChI=1S/C12H18N2O3S/c1-4-14(8-9-6-5-7-18-9)11(17)13-12(2,3)10(15)16/h5-7H,4,8H2,1-3H3,(H,13,17)(H,15,16). The van der Waals surface area contributed by atoms with Gasteiger partial charge in [0.25, 0.3) is 0 Å². The number of urea groups is 1. The summed E-state index contributed by atoms with van der Waals surface area (Å²) in [5.41, 5.74) is -1.26. The SMILES string of the molecule is CCN(Cc1cccs1)C(=O)NC(C)(C)C(=O)O. The predicted octanol–water partition coefficient (Wildman–Crippen LogP) is 2.14. The Morgan fingerprint density at radius 1 is 1.50 bits per heavy atom. The van der Waals surface area contributed by atoms with Crippen molar-refractivity contribution in [2.24, 2.45) is 0 Å². The fourth-order valence-electron chi connectivity index (χ4n) is 1.32. The Hall–Kier alpha value is -1.56. The van der Waals surface area contributed by atoms with E-state index in [1.54, 1.807) is 16.2 Å². The van der Waals surface area contributed by atoms with Gasteiger partial charge in [-0.3, -0.25) is 0 Å². The number of hydrogen-bond acceptors (Lipinski definition) is 3. The van der Waals surface area contributed by atoms with Crippen molar-refractivity contribution in [3.8, 4) is 0 Å². The van der Waals surface area contributed by atoms with Crippen molar-refractivity contribution in [1.29, 1.82) is 0 Å². The summed E-state index contributed by atoms with van der Waals surface area (Å²) < 4.78 is 0. The molecule has 0 aliphatic heterocycles. The maximum atomic E-state index is 12.0. The highest BCUT2D eigenvalue weighted by Crippen LogP contribution is 2.12. The van der Waals surface area contributed by atoms with E-state index in [2.05, 4.69) is 5.32 Å². The van der Waals surface area contributed by atoms with Crippen LogP contribution in [-0.2, 0) is 11.3 Å². The number of nitrogens with zero attached hydrogens (tertiary/aromatic N) is 1. The van der Waals surface area contributed by atoms with Crippen LogP contribution in [0.5, 0.6) is 0 Å². The smallest absolute Gasteiger partial charge is 0.328 e. The second-order valence-corrected chi connectivity index (χ2v) is 5.49. The van der Waals surface area contributed by atoms with Gasteiger partial charge in [0.1, 0.15) is 5.54 Å². The Labute approximate surface area is 110 Å². The number of nitrogens with one attached hydrogen (secondary N) is 1. The van der Waals surface area contributed by atoms with E-state index in [0.717, 1.165) is 4.88 Å². The molecule has 0 fully saturated rings. The first-order valence-electron chi connectivity index (χ1n) is 5.69. The van der Waals surface area contributed by atoms with E-state index in [1.807, 2.05) is 24.4 Å². The molecular weight excluding hydrogens is 252 g/mol. The van der Waals surface area contributed by atoms with Crippen LogP contribution in [-0.4, -0.2) is 34.1 Å². The van der Waals surface area contributed by atoms with Crippen molar-refractivity contribution in [3.63, 3.8) is 0 Å². The number of carbonyl (C=O) groups is 2. The summed E-state index contributed by atoms with van der Waals surface area (Å²) >= 11 is 1.57. The van der Waals surface area contributed by atoms with Crippen LogP contribution in [0.4, 0.5) is 4.79 Å². The first-order valence-corrected chi connectivity index (χ1v) is 6.57. The minimum Gasteiger partial charge on any atom is -0.480 e. The van der Waals surface area contributed by atoms with Crippen molar-refractivity contribution in [2.45, 2.75) is 32.9 Å². The molecule has 0 atom stereocenters. The Bertz CT molecular complexity index is 415. The molecule has 2 N–H and O–H groups in total. The second-order valence-electron chi connectivity index (χ2n) is 4.45. The molecule has 0 aromatic carbocycles. The van der Waals surface area contributed by atoms with Crippen LogP contribution in [0.15, 0.2) is 17.5 Å². The molecule has 0 spiro atoms. The average Bonchev–Trinajstić information content (AvgIpc) is 2.77. The highest BCUT2D eigenvalue weighted by atomic mass is 32.1. The highest BCUT2D eigenvalue weighted by molar-refractivity contribution is 7.09. The molecule has 0 aliphatic rings. The number of amides is 2. The van der Waals surface area contributed by atoms with Crippen molar-refractivity contribution in [2.75, 3.05) is 6.54 Å². The van der Waals surface area contributed by atoms with Gasteiger partial charge in [0.2, 0.25) is 0 Å². The molecule has 18 heavy (non-hydrogen) atoms. The summed E-state index contributed by atoms with van der Waals surface area (Å²) in [6.45, 7) is 5.81. The third-order valence-electron chi connectivity index (χ3n) is 2.55. The molecule has 0 bridgehead atoms. The Morgan fingerprint density at radius 3 is 2.61 bits per heavy atom. The van der Waals surface area contributed by atoms with Crippen LogP contribution in [0.1, 0.15) is 25.6 Å². The normalized spacial score (nSPS) is 11.1. The first-order chi connectivity index (χ1) is 8.36. The molecule has 100 valence electrons. The van der Waals surface area contributed by atoms with Gasteiger partial charge in [-0.2, -0.15) is 0 Å². The van der Waals surface area contributed by atoms with Crippen LogP contribution in [0, 0.1) is 0 Å². The van der Waals surface area contributed by atoms with Crippen LogP contribution >= 0.6 is 11.3 Å². The lowest BCUT2D eigenvalue weighted by Crippen LogP contribution is -2.54. The Morgan fingerprint density at radius 2 is 2.17 bits per heavy atom. The van der Waals surface area contributed by atoms with Crippen molar-refractivity contribution < 1.29 is 14.7 Å². The van der Waals surface area contributed by atoms with E-state index in [1.165, 1.54) is 13.8 Å². The highest BCUT2D eigenvalue weighted by Gasteiger charge is 2.30. The van der Waals surface area contributed by atoms with Gasteiger partial charge in [-0.25, -0.2) is 9.59 Å². The monoisotopic (exact) mass is 270 g/mol. The molecule has 6 heteroatoms. The average molecular weight is 270 g/mol. The van der Waals surface area contributed by atoms with Gasteiger partial charge >= 0.3 is 12.0 Å². The molecule has 5 nitrogen and oxygen atoms in total. The van der Waals surface area contributed by atoms with Gasteiger partial charge in [0.15, 0.2) is 0 Å². The minimum absolute atomic E-state index is 0.363. The van der Waals surface area contributed by atoms with Crippen LogP contribution in [0.3, 0.4) is 0 Å². The molecule has 0 saturated carbocycles. The van der Waals surface area contributed by atoms with Crippen molar-refractivity contribution in [1.82, 2.24) is 10.2 Å². The zero-order valence-electron chi connectivity index (χ0n) is 10.8. The number of carboxylic acid groups (broad SMARTS) is 1. The molecule has 0 saturated heterocycles. The topological polar surface area (TPSA) is 69.6 Å². The number of rotatable bonds is 5.